The van der Waals surface area contributed by atoms with Gasteiger partial charge in [0, 0.05) is 30.6 Å². The molecule has 1 saturated carbocycles. The third-order valence-electron chi connectivity index (χ3n) is 4.69. The van der Waals surface area contributed by atoms with Crippen LogP contribution in [0, 0.1) is 5.92 Å². The maximum absolute atomic E-state index is 4.37. The molecule has 2 heterocycles. The van der Waals surface area contributed by atoms with Crippen LogP contribution in [0.4, 0.5) is 0 Å². The summed E-state index contributed by atoms with van der Waals surface area (Å²) in [4.78, 5) is 6.78. The van der Waals surface area contributed by atoms with Gasteiger partial charge in [-0.2, -0.15) is 0 Å². The second kappa shape index (κ2) is 6.33. The number of nitrogens with one attached hydrogen (secondary N) is 1. The summed E-state index contributed by atoms with van der Waals surface area (Å²) in [7, 11) is 2.22. The van der Waals surface area contributed by atoms with Crippen LogP contribution in [0.2, 0.25) is 0 Å². The van der Waals surface area contributed by atoms with E-state index >= 15 is 0 Å². The van der Waals surface area contributed by atoms with Crippen molar-refractivity contribution in [2.45, 2.75) is 57.2 Å². The number of piperidine rings is 1. The normalized spacial score (nSPS) is 31.4. The molecule has 0 bridgehead atoms. The quantitative estimate of drug-likeness (QED) is 0.918. The molecular formula is C15H25N3S. The molecule has 2 aliphatic rings. The SMILES string of the molecule is CN(Cc1cscn1)CC1CCC2CCCCC2N1. The van der Waals surface area contributed by atoms with E-state index in [1.165, 1.54) is 44.2 Å². The van der Waals surface area contributed by atoms with Crippen molar-refractivity contribution in [1.29, 1.82) is 0 Å². The fraction of sp³-hybridized carbons (Fsp3) is 0.800. The highest BCUT2D eigenvalue weighted by atomic mass is 32.1. The summed E-state index contributed by atoms with van der Waals surface area (Å²) in [6, 6.07) is 1.49. The number of hydrogen-bond acceptors (Lipinski definition) is 4. The van der Waals surface area contributed by atoms with Crippen LogP contribution in [0.3, 0.4) is 0 Å². The summed E-state index contributed by atoms with van der Waals surface area (Å²) >= 11 is 1.69. The summed E-state index contributed by atoms with van der Waals surface area (Å²) in [5.74, 6) is 0.967. The molecule has 19 heavy (non-hydrogen) atoms. The zero-order valence-electron chi connectivity index (χ0n) is 11.8. The fourth-order valence-corrected chi connectivity index (χ4v) is 4.30. The van der Waals surface area contributed by atoms with Crippen LogP contribution in [0.15, 0.2) is 10.9 Å². The molecule has 1 saturated heterocycles. The van der Waals surface area contributed by atoms with Crippen molar-refractivity contribution in [2.24, 2.45) is 5.92 Å². The van der Waals surface area contributed by atoms with E-state index in [0.717, 1.165) is 25.0 Å². The molecule has 3 unspecified atom stereocenters. The minimum absolute atomic E-state index is 0.683. The van der Waals surface area contributed by atoms with Crippen LogP contribution in [0.25, 0.3) is 0 Å². The van der Waals surface area contributed by atoms with Gasteiger partial charge in [0.2, 0.25) is 0 Å². The minimum Gasteiger partial charge on any atom is -0.310 e. The third kappa shape index (κ3) is 3.56. The Balaban J connectivity index is 1.47. The molecule has 1 aliphatic heterocycles. The van der Waals surface area contributed by atoms with Crippen molar-refractivity contribution in [3.8, 4) is 0 Å². The molecule has 0 aromatic carbocycles. The Kier molecular flexibility index (Phi) is 4.51. The highest BCUT2D eigenvalue weighted by Gasteiger charge is 2.31. The predicted octanol–water partition coefficient (Wildman–Crippen LogP) is 2.89. The lowest BCUT2D eigenvalue weighted by molar-refractivity contribution is 0.150. The highest BCUT2D eigenvalue weighted by molar-refractivity contribution is 7.07. The summed E-state index contributed by atoms with van der Waals surface area (Å²) in [5, 5.41) is 6.06. The van der Waals surface area contributed by atoms with E-state index in [2.05, 4.69) is 27.6 Å². The molecule has 1 aromatic heterocycles. The number of likely N-dealkylation sites (N-methyl/N-ethyl adjacent to an activating group) is 1. The van der Waals surface area contributed by atoms with Gasteiger partial charge in [0.05, 0.1) is 11.2 Å². The summed E-state index contributed by atoms with van der Waals surface area (Å²) in [6.07, 6.45) is 8.53. The van der Waals surface area contributed by atoms with E-state index in [1.54, 1.807) is 11.3 Å². The first kappa shape index (κ1) is 13.5. The smallest absolute Gasteiger partial charge is 0.0795 e. The second-order valence-electron chi connectivity index (χ2n) is 6.27. The summed E-state index contributed by atoms with van der Waals surface area (Å²) in [5.41, 5.74) is 3.13. The van der Waals surface area contributed by atoms with Crippen molar-refractivity contribution >= 4 is 11.3 Å². The Morgan fingerprint density at radius 1 is 1.32 bits per heavy atom. The average molecular weight is 279 g/mol. The Morgan fingerprint density at radius 2 is 2.21 bits per heavy atom. The first-order valence-corrected chi connectivity index (χ1v) is 8.57. The van der Waals surface area contributed by atoms with E-state index < -0.39 is 0 Å². The van der Waals surface area contributed by atoms with Crippen LogP contribution in [-0.2, 0) is 6.54 Å². The van der Waals surface area contributed by atoms with Gasteiger partial charge in [-0.25, -0.2) is 4.98 Å². The van der Waals surface area contributed by atoms with Gasteiger partial charge in [0.25, 0.3) is 0 Å². The van der Waals surface area contributed by atoms with Crippen LogP contribution in [0.5, 0.6) is 0 Å². The lowest BCUT2D eigenvalue weighted by Gasteiger charge is -2.41. The molecule has 1 aromatic rings. The number of hydrogen-bond donors (Lipinski definition) is 1. The highest BCUT2D eigenvalue weighted by Crippen LogP contribution is 2.32. The fourth-order valence-electron chi connectivity index (χ4n) is 3.75. The van der Waals surface area contributed by atoms with Gasteiger partial charge >= 0.3 is 0 Å². The van der Waals surface area contributed by atoms with Crippen molar-refractivity contribution in [3.05, 3.63) is 16.6 Å². The van der Waals surface area contributed by atoms with Crippen molar-refractivity contribution in [3.63, 3.8) is 0 Å². The molecule has 0 spiro atoms. The topological polar surface area (TPSA) is 28.2 Å². The van der Waals surface area contributed by atoms with Gasteiger partial charge in [-0.3, -0.25) is 4.90 Å². The lowest BCUT2D eigenvalue weighted by atomic mass is 9.78. The molecule has 0 amide bonds. The zero-order valence-corrected chi connectivity index (χ0v) is 12.7. The zero-order chi connectivity index (χ0) is 13.1. The molecule has 4 heteroatoms. The van der Waals surface area contributed by atoms with Gasteiger partial charge in [0.1, 0.15) is 0 Å². The van der Waals surface area contributed by atoms with E-state index in [-0.39, 0.29) is 0 Å². The van der Waals surface area contributed by atoms with E-state index in [4.69, 9.17) is 0 Å². The van der Waals surface area contributed by atoms with Crippen LogP contribution in [-0.4, -0.2) is 35.6 Å². The summed E-state index contributed by atoms with van der Waals surface area (Å²) in [6.45, 7) is 2.14. The first-order valence-electron chi connectivity index (χ1n) is 7.63. The van der Waals surface area contributed by atoms with Crippen molar-refractivity contribution < 1.29 is 0 Å². The molecule has 106 valence electrons. The number of aromatic nitrogens is 1. The first-order chi connectivity index (χ1) is 9.31. The monoisotopic (exact) mass is 279 g/mol. The second-order valence-corrected chi connectivity index (χ2v) is 6.99. The van der Waals surface area contributed by atoms with Gasteiger partial charge in [0.15, 0.2) is 0 Å². The molecule has 0 radical (unpaired) electrons. The summed E-state index contributed by atoms with van der Waals surface area (Å²) < 4.78 is 0. The van der Waals surface area contributed by atoms with Crippen LogP contribution >= 0.6 is 11.3 Å². The standard InChI is InChI=1S/C15H25N3S/c1-18(9-14-10-19-11-16-14)8-13-7-6-12-4-2-3-5-15(12)17-13/h10-13,15,17H,2-9H2,1H3. The third-order valence-corrected chi connectivity index (χ3v) is 5.33. The van der Waals surface area contributed by atoms with Gasteiger partial charge in [-0.05, 0) is 38.6 Å². The van der Waals surface area contributed by atoms with Gasteiger partial charge < -0.3 is 5.32 Å². The predicted molar refractivity (Wildman–Crippen MR) is 80.4 cm³/mol. The van der Waals surface area contributed by atoms with Gasteiger partial charge in [-0.15, -0.1) is 11.3 Å². The Labute approximate surface area is 120 Å². The largest absolute Gasteiger partial charge is 0.310 e. The van der Waals surface area contributed by atoms with Crippen molar-refractivity contribution in [1.82, 2.24) is 15.2 Å². The average Bonchev–Trinajstić information content (AvgIpc) is 2.91. The number of nitrogens with zero attached hydrogens (tertiary/aromatic N) is 2. The van der Waals surface area contributed by atoms with E-state index in [9.17, 15) is 0 Å². The Hall–Kier alpha value is -0.450. The Bertz CT molecular complexity index is 379. The molecule has 2 fully saturated rings. The van der Waals surface area contributed by atoms with E-state index in [1.807, 2.05) is 5.51 Å². The maximum Gasteiger partial charge on any atom is 0.0795 e. The van der Waals surface area contributed by atoms with E-state index in [0.29, 0.717) is 6.04 Å². The number of thiazole rings is 1. The van der Waals surface area contributed by atoms with Crippen molar-refractivity contribution in [2.75, 3.05) is 13.6 Å². The minimum atomic E-state index is 0.683. The lowest BCUT2D eigenvalue weighted by Crippen LogP contribution is -2.52. The molecular weight excluding hydrogens is 254 g/mol. The number of rotatable bonds is 4. The molecule has 3 nitrogen and oxygen atoms in total. The molecule has 3 atom stereocenters. The Morgan fingerprint density at radius 3 is 3.05 bits per heavy atom. The molecule has 1 aliphatic carbocycles. The van der Waals surface area contributed by atoms with Crippen LogP contribution in [0.1, 0.15) is 44.2 Å². The maximum atomic E-state index is 4.37. The molecule has 1 N–H and O–H groups in total. The van der Waals surface area contributed by atoms with Gasteiger partial charge in [-0.1, -0.05) is 12.8 Å². The number of fused-ring (bicyclic) bond motifs is 1. The molecule has 3 rings (SSSR count). The van der Waals surface area contributed by atoms with Crippen LogP contribution < -0.4 is 5.32 Å².